The first-order valence-electron chi connectivity index (χ1n) is 7.90. The maximum atomic E-state index is 12.1. The maximum absolute atomic E-state index is 12.1. The molecule has 2 heterocycles. The van der Waals surface area contributed by atoms with Crippen LogP contribution >= 0.6 is 15.9 Å². The van der Waals surface area contributed by atoms with E-state index in [2.05, 4.69) is 30.9 Å². The number of ketones is 1. The molecule has 0 unspecified atom stereocenters. The number of nitrogens with zero attached hydrogens (tertiary/aromatic N) is 3. The summed E-state index contributed by atoms with van der Waals surface area (Å²) in [5, 5.41) is 9.90. The lowest BCUT2D eigenvalue weighted by molar-refractivity contribution is 0.0990. The van der Waals surface area contributed by atoms with Gasteiger partial charge in [-0.05, 0) is 40.2 Å². The minimum absolute atomic E-state index is 0.0847. The summed E-state index contributed by atoms with van der Waals surface area (Å²) in [6.07, 6.45) is 6.97. The van der Waals surface area contributed by atoms with Gasteiger partial charge in [-0.25, -0.2) is 9.97 Å². The molecule has 0 saturated carbocycles. The van der Waals surface area contributed by atoms with Crippen LogP contribution in [0.25, 0.3) is 0 Å². The van der Waals surface area contributed by atoms with Gasteiger partial charge in [0.25, 0.3) is 0 Å². The SMILES string of the molecule is O=Cc1cc(OCc2cnc(CC(=O)c3ccncc3)nc2)c(O)cc1Br. The van der Waals surface area contributed by atoms with Crippen molar-refractivity contribution in [3.8, 4) is 11.5 Å². The Kier molecular flexibility index (Phi) is 5.87. The lowest BCUT2D eigenvalue weighted by Crippen LogP contribution is -2.08. The zero-order valence-corrected chi connectivity index (χ0v) is 15.6. The number of rotatable bonds is 7. The summed E-state index contributed by atoms with van der Waals surface area (Å²) < 4.78 is 6.01. The molecule has 136 valence electrons. The second kappa shape index (κ2) is 8.50. The molecule has 8 heteroatoms. The molecule has 0 fully saturated rings. The van der Waals surface area contributed by atoms with Crippen molar-refractivity contribution in [3.63, 3.8) is 0 Å². The molecule has 0 aliphatic carbocycles. The van der Waals surface area contributed by atoms with Crippen LogP contribution in [-0.4, -0.2) is 32.1 Å². The minimum atomic E-state index is -0.0948. The molecule has 0 amide bonds. The highest BCUT2D eigenvalue weighted by Crippen LogP contribution is 2.32. The van der Waals surface area contributed by atoms with E-state index in [1.807, 2.05) is 0 Å². The summed E-state index contributed by atoms with van der Waals surface area (Å²) in [4.78, 5) is 35.3. The van der Waals surface area contributed by atoms with Crippen molar-refractivity contribution in [2.24, 2.45) is 0 Å². The van der Waals surface area contributed by atoms with E-state index in [0.29, 0.717) is 33.3 Å². The van der Waals surface area contributed by atoms with Crippen LogP contribution in [0.3, 0.4) is 0 Å². The first-order chi connectivity index (χ1) is 13.1. The molecule has 7 nitrogen and oxygen atoms in total. The van der Waals surface area contributed by atoms with Gasteiger partial charge < -0.3 is 9.84 Å². The topological polar surface area (TPSA) is 102 Å². The Morgan fingerprint density at radius 3 is 2.56 bits per heavy atom. The number of halogens is 1. The van der Waals surface area contributed by atoms with Gasteiger partial charge in [-0.15, -0.1) is 0 Å². The van der Waals surface area contributed by atoms with Crippen molar-refractivity contribution in [1.82, 2.24) is 15.0 Å². The molecule has 0 radical (unpaired) electrons. The van der Waals surface area contributed by atoms with Crippen LogP contribution < -0.4 is 4.74 Å². The lowest BCUT2D eigenvalue weighted by atomic mass is 10.1. The molecule has 0 saturated heterocycles. The van der Waals surface area contributed by atoms with E-state index in [-0.39, 0.29) is 30.3 Å². The largest absolute Gasteiger partial charge is 0.504 e. The Morgan fingerprint density at radius 1 is 1.19 bits per heavy atom. The molecule has 0 aliphatic heterocycles. The van der Waals surface area contributed by atoms with Gasteiger partial charge in [-0.3, -0.25) is 14.6 Å². The van der Waals surface area contributed by atoms with Crippen molar-refractivity contribution >= 4 is 28.0 Å². The van der Waals surface area contributed by atoms with Crippen molar-refractivity contribution < 1.29 is 19.4 Å². The first-order valence-corrected chi connectivity index (χ1v) is 8.69. The summed E-state index contributed by atoms with van der Waals surface area (Å²) in [6.45, 7) is 0.103. The lowest BCUT2D eigenvalue weighted by Gasteiger charge is -2.09. The number of carbonyl (C=O) groups excluding carboxylic acids is 2. The van der Waals surface area contributed by atoms with Gasteiger partial charge in [-0.2, -0.15) is 0 Å². The highest BCUT2D eigenvalue weighted by Gasteiger charge is 2.11. The fraction of sp³-hybridized carbons (Fsp3) is 0.105. The summed E-state index contributed by atoms with van der Waals surface area (Å²) in [5.41, 5.74) is 1.58. The second-order valence-corrected chi connectivity index (χ2v) is 6.45. The molecule has 0 aliphatic rings. The number of aromatic hydroxyl groups is 1. The molecular weight excluding hydrogens is 414 g/mol. The number of pyridine rings is 1. The first kappa shape index (κ1) is 18.7. The normalized spacial score (nSPS) is 10.4. The van der Waals surface area contributed by atoms with Crippen LogP contribution in [0.1, 0.15) is 32.1 Å². The minimum Gasteiger partial charge on any atom is -0.504 e. The molecule has 27 heavy (non-hydrogen) atoms. The summed E-state index contributed by atoms with van der Waals surface area (Å²) >= 11 is 3.18. The second-order valence-electron chi connectivity index (χ2n) is 5.59. The fourth-order valence-corrected chi connectivity index (χ4v) is 2.68. The van der Waals surface area contributed by atoms with E-state index in [4.69, 9.17) is 4.74 Å². The van der Waals surface area contributed by atoms with E-state index >= 15 is 0 Å². The molecule has 0 bridgehead atoms. The highest BCUT2D eigenvalue weighted by molar-refractivity contribution is 9.10. The summed E-state index contributed by atoms with van der Waals surface area (Å²) in [5.74, 6) is 0.392. The van der Waals surface area contributed by atoms with Gasteiger partial charge in [0, 0.05) is 46.0 Å². The van der Waals surface area contributed by atoms with Gasteiger partial charge in [0.05, 0.1) is 6.42 Å². The quantitative estimate of drug-likeness (QED) is 0.456. The molecular formula is C19H14BrN3O4. The number of carbonyl (C=O) groups is 2. The summed E-state index contributed by atoms with van der Waals surface area (Å²) in [7, 11) is 0. The Morgan fingerprint density at radius 2 is 1.89 bits per heavy atom. The van der Waals surface area contributed by atoms with Crippen LogP contribution in [0.2, 0.25) is 0 Å². The molecule has 0 spiro atoms. The monoisotopic (exact) mass is 427 g/mol. The zero-order chi connectivity index (χ0) is 19.2. The number of aldehydes is 1. The van der Waals surface area contributed by atoms with Crippen LogP contribution in [0.4, 0.5) is 0 Å². The maximum Gasteiger partial charge on any atom is 0.170 e. The molecule has 3 aromatic rings. The van der Waals surface area contributed by atoms with E-state index in [1.165, 1.54) is 12.1 Å². The van der Waals surface area contributed by atoms with E-state index in [0.717, 1.165) is 0 Å². The molecule has 0 atom stereocenters. The van der Waals surface area contributed by atoms with E-state index < -0.39 is 0 Å². The molecule has 2 aromatic heterocycles. The fourth-order valence-electron chi connectivity index (χ4n) is 2.26. The number of hydrogen-bond acceptors (Lipinski definition) is 7. The average molecular weight is 428 g/mol. The average Bonchev–Trinajstić information content (AvgIpc) is 2.69. The third kappa shape index (κ3) is 4.73. The van der Waals surface area contributed by atoms with Crippen LogP contribution in [-0.2, 0) is 13.0 Å². The zero-order valence-electron chi connectivity index (χ0n) is 14.0. The van der Waals surface area contributed by atoms with Crippen LogP contribution in [0.15, 0.2) is 53.5 Å². The molecule has 1 N–H and O–H groups in total. The van der Waals surface area contributed by atoms with Gasteiger partial charge in [0.2, 0.25) is 0 Å². The number of phenolic OH excluding ortho intramolecular Hbond substituents is 1. The summed E-state index contributed by atoms with van der Waals surface area (Å²) in [6, 6.07) is 6.12. The van der Waals surface area contributed by atoms with Gasteiger partial charge in [0.15, 0.2) is 23.6 Å². The van der Waals surface area contributed by atoms with E-state index in [1.54, 1.807) is 36.9 Å². The van der Waals surface area contributed by atoms with Gasteiger partial charge in [0.1, 0.15) is 12.4 Å². The van der Waals surface area contributed by atoms with Crippen molar-refractivity contribution in [2.75, 3.05) is 0 Å². The number of ether oxygens (including phenoxy) is 1. The third-order valence-electron chi connectivity index (χ3n) is 3.68. The van der Waals surface area contributed by atoms with Crippen molar-refractivity contribution in [2.45, 2.75) is 13.0 Å². The van der Waals surface area contributed by atoms with Gasteiger partial charge in [-0.1, -0.05) is 0 Å². The predicted octanol–water partition coefficient (Wildman–Crippen LogP) is 3.16. The molecule has 1 aromatic carbocycles. The smallest absolute Gasteiger partial charge is 0.170 e. The third-order valence-corrected chi connectivity index (χ3v) is 4.37. The Hall–Kier alpha value is -3.13. The van der Waals surface area contributed by atoms with Crippen molar-refractivity contribution in [1.29, 1.82) is 0 Å². The number of hydrogen-bond donors (Lipinski definition) is 1. The highest BCUT2D eigenvalue weighted by atomic mass is 79.9. The number of benzene rings is 1. The Labute approximate surface area is 163 Å². The number of Topliss-reactive ketones (excluding diaryl/α,β-unsaturated/α-hetero) is 1. The van der Waals surface area contributed by atoms with Crippen LogP contribution in [0.5, 0.6) is 11.5 Å². The van der Waals surface area contributed by atoms with E-state index in [9.17, 15) is 14.7 Å². The molecule has 3 rings (SSSR count). The standard InChI is InChI=1S/C19H14BrN3O4/c20-15-6-17(26)18(5-14(15)10-24)27-11-12-8-22-19(23-9-12)7-16(25)13-1-3-21-4-2-13/h1-6,8-10,26H,7,11H2. The Bertz CT molecular complexity index is 963. The van der Waals surface area contributed by atoms with Gasteiger partial charge >= 0.3 is 0 Å². The van der Waals surface area contributed by atoms with Crippen LogP contribution in [0, 0.1) is 0 Å². The number of aromatic nitrogens is 3. The predicted molar refractivity (Wildman–Crippen MR) is 99.8 cm³/mol. The number of phenols is 1. The van der Waals surface area contributed by atoms with Crippen molar-refractivity contribution in [3.05, 3.63) is 76.0 Å². The Balaban J connectivity index is 1.63.